The number of benzene rings is 3. The fourth-order valence-electron chi connectivity index (χ4n) is 4.02. The Hall–Kier alpha value is -3.81. The summed E-state index contributed by atoms with van der Waals surface area (Å²) in [6.07, 6.45) is 1.53. The van der Waals surface area contributed by atoms with E-state index in [4.69, 9.17) is 0 Å². The zero-order valence-electron chi connectivity index (χ0n) is 19.9. The first-order valence-electron chi connectivity index (χ1n) is 11.7. The van der Waals surface area contributed by atoms with E-state index in [0.29, 0.717) is 11.1 Å². The lowest BCUT2D eigenvalue weighted by molar-refractivity contribution is 0.0600. The Morgan fingerprint density at radius 1 is 0.800 bits per heavy atom. The Balaban J connectivity index is 1.21. The van der Waals surface area contributed by atoms with E-state index in [2.05, 4.69) is 55.4 Å². The van der Waals surface area contributed by atoms with Gasteiger partial charge in [0.2, 0.25) is 0 Å². The number of carbonyl (C=O) groups excluding carboxylic acids is 2. The average Bonchev–Trinajstić information content (AvgIpc) is 2.91. The van der Waals surface area contributed by atoms with Crippen LogP contribution in [0.3, 0.4) is 0 Å². The molecule has 1 amide bonds. The molecule has 0 spiro atoms. The summed E-state index contributed by atoms with van der Waals surface area (Å²) < 4.78 is 4.68. The quantitative estimate of drug-likeness (QED) is 0.310. The Morgan fingerprint density at radius 3 is 1.91 bits per heavy atom. The number of carbonyl (C=O) groups is 2. The van der Waals surface area contributed by atoms with Crippen molar-refractivity contribution in [1.29, 1.82) is 0 Å². The maximum absolute atomic E-state index is 12.4. The van der Waals surface area contributed by atoms with Gasteiger partial charge in [-0.25, -0.2) is 10.2 Å². The summed E-state index contributed by atoms with van der Waals surface area (Å²) in [5.74, 6) is -0.663. The van der Waals surface area contributed by atoms with E-state index >= 15 is 0 Å². The molecular formula is C28H30N4O3. The second kappa shape index (κ2) is 12.1. The van der Waals surface area contributed by atoms with Crippen molar-refractivity contribution >= 4 is 18.1 Å². The minimum Gasteiger partial charge on any atom is -0.465 e. The highest BCUT2D eigenvalue weighted by atomic mass is 16.5. The van der Waals surface area contributed by atoms with Crippen LogP contribution in [0.5, 0.6) is 0 Å². The zero-order chi connectivity index (χ0) is 24.5. The molecule has 0 atom stereocenters. The summed E-state index contributed by atoms with van der Waals surface area (Å²) in [4.78, 5) is 28.8. The summed E-state index contributed by atoms with van der Waals surface area (Å²) in [6.45, 7) is 6.05. The number of piperazine rings is 1. The maximum atomic E-state index is 12.4. The van der Waals surface area contributed by atoms with E-state index in [9.17, 15) is 9.59 Å². The van der Waals surface area contributed by atoms with Crippen LogP contribution in [0.4, 0.5) is 0 Å². The lowest BCUT2D eigenvalue weighted by Gasteiger charge is -2.34. The third-order valence-corrected chi connectivity index (χ3v) is 6.05. The molecule has 1 heterocycles. The van der Waals surface area contributed by atoms with Gasteiger partial charge >= 0.3 is 5.97 Å². The van der Waals surface area contributed by atoms with Crippen LogP contribution in [0.15, 0.2) is 84.0 Å². The molecule has 7 nitrogen and oxygen atoms in total. The fraction of sp³-hybridized carbons (Fsp3) is 0.250. The normalized spacial score (nSPS) is 14.7. The van der Waals surface area contributed by atoms with Crippen molar-refractivity contribution in [2.24, 2.45) is 5.10 Å². The number of hydrazone groups is 1. The molecule has 4 rings (SSSR count). The smallest absolute Gasteiger partial charge is 0.337 e. The Kier molecular flexibility index (Phi) is 8.38. The molecule has 0 aliphatic carbocycles. The molecular weight excluding hydrogens is 440 g/mol. The molecule has 0 unspecified atom stereocenters. The van der Waals surface area contributed by atoms with Gasteiger partial charge in [-0.05, 0) is 41.0 Å². The molecule has 180 valence electrons. The molecule has 7 heteroatoms. The second-order valence-corrected chi connectivity index (χ2v) is 8.55. The number of nitrogens with zero attached hydrogens (tertiary/aromatic N) is 3. The third-order valence-electron chi connectivity index (χ3n) is 6.05. The molecule has 3 aromatic rings. The van der Waals surface area contributed by atoms with Crippen LogP contribution >= 0.6 is 0 Å². The van der Waals surface area contributed by atoms with Gasteiger partial charge in [0.15, 0.2) is 0 Å². The summed E-state index contributed by atoms with van der Waals surface area (Å²) in [7, 11) is 1.34. The largest absolute Gasteiger partial charge is 0.465 e. The number of methoxy groups -OCH3 is 1. The van der Waals surface area contributed by atoms with Crippen LogP contribution < -0.4 is 5.43 Å². The minimum absolute atomic E-state index is 0.270. The summed E-state index contributed by atoms with van der Waals surface area (Å²) in [5.41, 5.74) is 6.87. The molecule has 1 aliphatic rings. The van der Waals surface area contributed by atoms with Crippen molar-refractivity contribution in [2.45, 2.75) is 13.1 Å². The molecule has 1 saturated heterocycles. The Labute approximate surface area is 206 Å². The highest BCUT2D eigenvalue weighted by Crippen LogP contribution is 2.13. The van der Waals surface area contributed by atoms with Gasteiger partial charge in [0.1, 0.15) is 0 Å². The molecule has 0 bridgehead atoms. The molecule has 0 saturated carbocycles. The second-order valence-electron chi connectivity index (χ2n) is 8.55. The van der Waals surface area contributed by atoms with Gasteiger partial charge in [0.25, 0.3) is 5.91 Å². The lowest BCUT2D eigenvalue weighted by Crippen LogP contribution is -2.45. The maximum Gasteiger partial charge on any atom is 0.337 e. The monoisotopic (exact) mass is 470 g/mol. The van der Waals surface area contributed by atoms with Gasteiger partial charge in [-0.1, -0.05) is 54.6 Å². The standard InChI is InChI=1S/C28H30N4O3/c1-35-28(34)26-13-7-22(8-14-26)19-29-30-27(33)25-11-9-24(10-12-25)21-32-17-15-31(16-18-32)20-23-5-3-2-4-6-23/h2-14,19H,15-18,20-21H2,1H3,(H,30,33)/b29-19-. The van der Waals surface area contributed by atoms with Crippen molar-refractivity contribution in [3.05, 3.63) is 107 Å². The first-order chi connectivity index (χ1) is 17.1. The first kappa shape index (κ1) is 24.3. The summed E-state index contributed by atoms with van der Waals surface area (Å²) in [6, 6.07) is 25.0. The lowest BCUT2D eigenvalue weighted by atomic mass is 10.1. The molecule has 1 fully saturated rings. The number of nitrogens with one attached hydrogen (secondary N) is 1. The number of amides is 1. The topological polar surface area (TPSA) is 74.2 Å². The van der Waals surface area contributed by atoms with Crippen molar-refractivity contribution in [3.8, 4) is 0 Å². The van der Waals surface area contributed by atoms with E-state index in [1.165, 1.54) is 24.5 Å². The predicted octanol–water partition coefficient (Wildman–Crippen LogP) is 3.55. The summed E-state index contributed by atoms with van der Waals surface area (Å²) >= 11 is 0. The third kappa shape index (κ3) is 7.09. The van der Waals surface area contributed by atoms with Crippen molar-refractivity contribution in [2.75, 3.05) is 33.3 Å². The predicted molar refractivity (Wildman–Crippen MR) is 136 cm³/mol. The number of hydrogen-bond donors (Lipinski definition) is 1. The Bertz CT molecular complexity index is 1140. The summed E-state index contributed by atoms with van der Waals surface area (Å²) in [5, 5.41) is 4.01. The fourth-order valence-corrected chi connectivity index (χ4v) is 4.02. The highest BCUT2D eigenvalue weighted by Gasteiger charge is 2.17. The van der Waals surface area contributed by atoms with Gasteiger partial charge in [0, 0.05) is 44.8 Å². The van der Waals surface area contributed by atoms with Crippen LogP contribution in [-0.2, 0) is 17.8 Å². The molecule has 1 N–H and O–H groups in total. The van der Waals surface area contributed by atoms with Crippen molar-refractivity contribution in [1.82, 2.24) is 15.2 Å². The van der Waals surface area contributed by atoms with Crippen LogP contribution in [0.2, 0.25) is 0 Å². The van der Waals surface area contributed by atoms with Gasteiger partial charge in [-0.2, -0.15) is 5.10 Å². The first-order valence-corrected chi connectivity index (χ1v) is 11.7. The van der Waals surface area contributed by atoms with E-state index in [1.807, 2.05) is 24.3 Å². The van der Waals surface area contributed by atoms with E-state index in [-0.39, 0.29) is 5.91 Å². The molecule has 0 radical (unpaired) electrons. The van der Waals surface area contributed by atoms with Gasteiger partial charge in [0.05, 0.1) is 18.9 Å². The number of rotatable bonds is 8. The highest BCUT2D eigenvalue weighted by molar-refractivity contribution is 5.95. The Morgan fingerprint density at radius 2 is 1.34 bits per heavy atom. The molecule has 0 aromatic heterocycles. The number of ether oxygens (including phenoxy) is 1. The number of hydrogen-bond acceptors (Lipinski definition) is 6. The van der Waals surface area contributed by atoms with Gasteiger partial charge < -0.3 is 4.74 Å². The number of esters is 1. The van der Waals surface area contributed by atoms with Gasteiger partial charge in [-0.3, -0.25) is 14.6 Å². The SMILES string of the molecule is COC(=O)c1ccc(/C=N\NC(=O)c2ccc(CN3CCN(Cc4ccccc4)CC3)cc2)cc1. The van der Waals surface area contributed by atoms with Crippen LogP contribution in [0.1, 0.15) is 37.4 Å². The molecule has 3 aromatic carbocycles. The van der Waals surface area contributed by atoms with E-state index < -0.39 is 5.97 Å². The molecule has 35 heavy (non-hydrogen) atoms. The average molecular weight is 471 g/mol. The van der Waals surface area contributed by atoms with Crippen LogP contribution in [0.25, 0.3) is 0 Å². The van der Waals surface area contributed by atoms with E-state index in [1.54, 1.807) is 24.3 Å². The van der Waals surface area contributed by atoms with Gasteiger partial charge in [-0.15, -0.1) is 0 Å². The van der Waals surface area contributed by atoms with Crippen LogP contribution in [-0.4, -0.2) is 61.2 Å². The van der Waals surface area contributed by atoms with Crippen molar-refractivity contribution < 1.29 is 14.3 Å². The minimum atomic E-state index is -0.393. The van der Waals surface area contributed by atoms with Crippen molar-refractivity contribution in [3.63, 3.8) is 0 Å². The van der Waals surface area contributed by atoms with E-state index in [0.717, 1.165) is 44.8 Å². The molecule has 1 aliphatic heterocycles. The van der Waals surface area contributed by atoms with Crippen LogP contribution in [0, 0.1) is 0 Å². The zero-order valence-corrected chi connectivity index (χ0v) is 19.9.